The van der Waals surface area contributed by atoms with Gasteiger partial charge in [0, 0.05) is 24.2 Å². The van der Waals surface area contributed by atoms with E-state index in [1.807, 2.05) is 13.1 Å². The van der Waals surface area contributed by atoms with E-state index in [1.165, 1.54) is 6.42 Å². The van der Waals surface area contributed by atoms with Crippen molar-refractivity contribution in [2.75, 3.05) is 21.3 Å². The van der Waals surface area contributed by atoms with Crippen LogP contribution in [0.5, 0.6) is 5.75 Å². The van der Waals surface area contributed by atoms with Gasteiger partial charge in [-0.25, -0.2) is 0 Å². The van der Waals surface area contributed by atoms with E-state index in [4.69, 9.17) is 32.7 Å². The molecule has 1 aromatic carbocycles. The number of nitrogens with one attached hydrogen (secondary N) is 1. The van der Waals surface area contributed by atoms with Crippen molar-refractivity contribution >= 4 is 23.2 Å². The monoisotopic (exact) mass is 317 g/mol. The number of hydrogen-bond acceptors (Lipinski definition) is 3. The molecule has 0 aromatic heterocycles. The van der Waals surface area contributed by atoms with Gasteiger partial charge in [0.25, 0.3) is 0 Å². The van der Waals surface area contributed by atoms with Crippen LogP contribution in [0.15, 0.2) is 12.1 Å². The summed E-state index contributed by atoms with van der Waals surface area (Å²) in [4.78, 5) is 0. The van der Waals surface area contributed by atoms with Gasteiger partial charge in [-0.3, -0.25) is 0 Å². The summed E-state index contributed by atoms with van der Waals surface area (Å²) >= 11 is 12.6. The summed E-state index contributed by atoms with van der Waals surface area (Å²) in [5.74, 6) is 0.598. The largest absolute Gasteiger partial charge is 0.495 e. The van der Waals surface area contributed by atoms with Gasteiger partial charge in [0.2, 0.25) is 0 Å². The number of halogens is 2. The number of benzene rings is 1. The molecular weight excluding hydrogens is 297 g/mol. The molecule has 1 aliphatic rings. The second-order valence-electron chi connectivity index (χ2n) is 5.29. The number of rotatable bonds is 6. The molecule has 0 radical (unpaired) electrons. The summed E-state index contributed by atoms with van der Waals surface area (Å²) in [5.41, 5.74) is 0.965. The molecule has 20 heavy (non-hydrogen) atoms. The minimum Gasteiger partial charge on any atom is -0.495 e. The fourth-order valence-electron chi connectivity index (χ4n) is 2.77. The molecule has 0 saturated heterocycles. The minimum absolute atomic E-state index is 0.0244. The quantitative estimate of drug-likeness (QED) is 0.852. The molecule has 112 valence electrons. The van der Waals surface area contributed by atoms with Gasteiger partial charge in [0.15, 0.2) is 0 Å². The smallest absolute Gasteiger partial charge is 0.138 e. The van der Waals surface area contributed by atoms with E-state index in [-0.39, 0.29) is 11.6 Å². The fraction of sp³-hybridized carbons (Fsp3) is 0.600. The highest BCUT2D eigenvalue weighted by Crippen LogP contribution is 2.43. The van der Waals surface area contributed by atoms with Gasteiger partial charge in [-0.05, 0) is 44.4 Å². The van der Waals surface area contributed by atoms with Crippen LogP contribution in [0.25, 0.3) is 0 Å². The molecule has 0 heterocycles. The first-order valence-electron chi connectivity index (χ1n) is 6.80. The maximum absolute atomic E-state index is 6.37. The van der Waals surface area contributed by atoms with Crippen LogP contribution in [-0.2, 0) is 4.74 Å². The van der Waals surface area contributed by atoms with Crippen molar-refractivity contribution in [2.24, 2.45) is 0 Å². The van der Waals surface area contributed by atoms with E-state index in [2.05, 4.69) is 5.32 Å². The number of ether oxygens (including phenoxy) is 2. The van der Waals surface area contributed by atoms with Crippen molar-refractivity contribution in [3.63, 3.8) is 0 Å². The lowest BCUT2D eigenvalue weighted by molar-refractivity contribution is -0.0834. The zero-order valence-corrected chi connectivity index (χ0v) is 13.6. The summed E-state index contributed by atoms with van der Waals surface area (Å²) in [6.07, 6.45) is 4.32. The van der Waals surface area contributed by atoms with Crippen LogP contribution in [0.2, 0.25) is 10.0 Å². The first-order chi connectivity index (χ1) is 9.55. The average Bonchev–Trinajstić information content (AvgIpc) is 2.41. The van der Waals surface area contributed by atoms with Gasteiger partial charge in [0.1, 0.15) is 5.75 Å². The lowest BCUT2D eigenvalue weighted by Crippen LogP contribution is -2.42. The molecule has 1 fully saturated rings. The van der Waals surface area contributed by atoms with E-state index >= 15 is 0 Å². The van der Waals surface area contributed by atoms with Crippen molar-refractivity contribution < 1.29 is 9.47 Å². The molecular formula is C15H21Cl2NO2. The molecule has 0 amide bonds. The highest BCUT2D eigenvalue weighted by Gasteiger charge is 2.39. The molecule has 1 aliphatic carbocycles. The second kappa shape index (κ2) is 6.52. The normalized spacial score (nSPS) is 18.4. The molecule has 5 heteroatoms. The Labute approximate surface area is 130 Å². The lowest BCUT2D eigenvalue weighted by Gasteiger charge is -2.43. The van der Waals surface area contributed by atoms with Crippen molar-refractivity contribution in [2.45, 2.75) is 37.3 Å². The molecule has 1 unspecified atom stereocenters. The third-order valence-electron chi connectivity index (χ3n) is 4.27. The Kier molecular flexibility index (Phi) is 5.19. The van der Waals surface area contributed by atoms with Gasteiger partial charge >= 0.3 is 0 Å². The Bertz CT molecular complexity index is 470. The topological polar surface area (TPSA) is 30.5 Å². The van der Waals surface area contributed by atoms with Crippen LogP contribution in [0.1, 0.15) is 37.3 Å². The SMILES string of the molecule is CNC(CC1(OC)CCC1)c1cc(Cl)c(OC)cc1Cl. The Hall–Kier alpha value is -0.480. The number of hydrogen-bond donors (Lipinski definition) is 1. The van der Waals surface area contributed by atoms with E-state index in [0.29, 0.717) is 15.8 Å². The van der Waals surface area contributed by atoms with E-state index in [1.54, 1.807) is 20.3 Å². The Morgan fingerprint density at radius 3 is 2.40 bits per heavy atom. The molecule has 2 rings (SSSR count). The average molecular weight is 318 g/mol. The third-order valence-corrected chi connectivity index (χ3v) is 4.89. The summed E-state index contributed by atoms with van der Waals surface area (Å²) < 4.78 is 10.9. The molecule has 1 atom stereocenters. The minimum atomic E-state index is -0.0244. The zero-order valence-electron chi connectivity index (χ0n) is 12.1. The molecule has 0 spiro atoms. The molecule has 0 aliphatic heterocycles. The van der Waals surface area contributed by atoms with E-state index in [0.717, 1.165) is 24.8 Å². The predicted octanol–water partition coefficient (Wildman–Crippen LogP) is 4.22. The molecule has 1 N–H and O–H groups in total. The lowest BCUT2D eigenvalue weighted by atomic mass is 9.74. The maximum Gasteiger partial charge on any atom is 0.138 e. The van der Waals surface area contributed by atoms with Crippen molar-refractivity contribution in [1.29, 1.82) is 0 Å². The van der Waals surface area contributed by atoms with Gasteiger partial charge in [-0.1, -0.05) is 23.2 Å². The van der Waals surface area contributed by atoms with Crippen LogP contribution >= 0.6 is 23.2 Å². The first kappa shape index (κ1) is 15.9. The molecule has 0 bridgehead atoms. The summed E-state index contributed by atoms with van der Waals surface area (Å²) in [6, 6.07) is 3.77. The predicted molar refractivity (Wildman–Crippen MR) is 83.0 cm³/mol. The van der Waals surface area contributed by atoms with Crippen LogP contribution in [-0.4, -0.2) is 26.9 Å². The van der Waals surface area contributed by atoms with Crippen molar-refractivity contribution in [1.82, 2.24) is 5.32 Å². The van der Waals surface area contributed by atoms with Crippen molar-refractivity contribution in [3.05, 3.63) is 27.7 Å². The standard InChI is InChI=1S/C15H21Cl2NO2/c1-18-13(9-15(20-3)5-4-6-15)10-7-12(17)14(19-2)8-11(10)16/h7-8,13,18H,4-6,9H2,1-3H3. The zero-order chi connectivity index (χ0) is 14.8. The van der Waals surface area contributed by atoms with E-state index in [9.17, 15) is 0 Å². The van der Waals surface area contributed by atoms with Gasteiger partial charge in [-0.15, -0.1) is 0 Å². The summed E-state index contributed by atoms with van der Waals surface area (Å²) in [7, 11) is 5.30. The fourth-order valence-corrected chi connectivity index (χ4v) is 3.30. The van der Waals surface area contributed by atoms with Crippen LogP contribution in [0, 0.1) is 0 Å². The van der Waals surface area contributed by atoms with Crippen LogP contribution in [0.3, 0.4) is 0 Å². The molecule has 3 nitrogen and oxygen atoms in total. The summed E-state index contributed by atoms with van der Waals surface area (Å²) in [5, 5.41) is 4.56. The van der Waals surface area contributed by atoms with Crippen LogP contribution in [0.4, 0.5) is 0 Å². The van der Waals surface area contributed by atoms with Gasteiger partial charge in [0.05, 0.1) is 17.7 Å². The first-order valence-corrected chi connectivity index (χ1v) is 7.56. The highest BCUT2D eigenvalue weighted by molar-refractivity contribution is 6.34. The van der Waals surface area contributed by atoms with Gasteiger partial charge in [-0.2, -0.15) is 0 Å². The Balaban J connectivity index is 2.25. The number of methoxy groups -OCH3 is 2. The second-order valence-corrected chi connectivity index (χ2v) is 6.11. The third kappa shape index (κ3) is 3.06. The van der Waals surface area contributed by atoms with Gasteiger partial charge < -0.3 is 14.8 Å². The Morgan fingerprint density at radius 1 is 1.25 bits per heavy atom. The molecule has 1 aromatic rings. The van der Waals surface area contributed by atoms with E-state index < -0.39 is 0 Å². The van der Waals surface area contributed by atoms with Crippen LogP contribution < -0.4 is 10.1 Å². The highest BCUT2D eigenvalue weighted by atomic mass is 35.5. The molecule has 1 saturated carbocycles. The summed E-state index contributed by atoms with van der Waals surface area (Å²) in [6.45, 7) is 0. The maximum atomic E-state index is 6.37. The van der Waals surface area contributed by atoms with Crippen molar-refractivity contribution in [3.8, 4) is 5.75 Å². The Morgan fingerprint density at radius 2 is 1.95 bits per heavy atom.